The molecule has 0 aromatic heterocycles. The third-order valence-corrected chi connectivity index (χ3v) is 3.01. The second-order valence-corrected chi connectivity index (χ2v) is 5.13. The van der Waals surface area contributed by atoms with Crippen molar-refractivity contribution in [3.63, 3.8) is 0 Å². The lowest BCUT2D eigenvalue weighted by Gasteiger charge is -2.30. The summed E-state index contributed by atoms with van der Waals surface area (Å²) in [4.78, 5) is 25.1. The number of amides is 2. The Labute approximate surface area is 108 Å². The summed E-state index contributed by atoms with van der Waals surface area (Å²) in [6, 6.07) is 2.07. The van der Waals surface area contributed by atoms with Crippen LogP contribution in [0.4, 0.5) is 0 Å². The number of piperidine rings is 1. The summed E-state index contributed by atoms with van der Waals surface area (Å²) in [7, 11) is 0. The number of hydrogen-bond donors (Lipinski definition) is 1. The minimum absolute atomic E-state index is 0.0199. The SMILES string of the molecule is CC(C)CN(CCC#N)C(=O)C1CCC(=O)NC1. The molecule has 5 heteroatoms. The minimum atomic E-state index is -0.125. The van der Waals surface area contributed by atoms with Crippen LogP contribution in [0, 0.1) is 23.2 Å². The van der Waals surface area contributed by atoms with Crippen LogP contribution in [-0.2, 0) is 9.59 Å². The molecule has 1 N–H and O–H groups in total. The van der Waals surface area contributed by atoms with Gasteiger partial charge in [0.1, 0.15) is 0 Å². The standard InChI is InChI=1S/C13H21N3O2/c1-10(2)9-16(7-3-6-14)13(18)11-4-5-12(17)15-8-11/h10-11H,3-5,7-9H2,1-2H3,(H,15,17). The van der Waals surface area contributed by atoms with Gasteiger partial charge in [-0.1, -0.05) is 13.8 Å². The molecule has 0 aliphatic carbocycles. The number of carbonyl (C=O) groups excluding carboxylic acids is 2. The maximum absolute atomic E-state index is 12.3. The third-order valence-electron chi connectivity index (χ3n) is 3.01. The third kappa shape index (κ3) is 4.36. The average Bonchev–Trinajstić information content (AvgIpc) is 2.34. The molecule has 0 radical (unpaired) electrons. The lowest BCUT2D eigenvalue weighted by atomic mass is 9.97. The molecule has 1 fully saturated rings. The van der Waals surface area contributed by atoms with Crippen LogP contribution in [0.5, 0.6) is 0 Å². The highest BCUT2D eigenvalue weighted by Gasteiger charge is 2.28. The van der Waals surface area contributed by atoms with Gasteiger partial charge in [-0.15, -0.1) is 0 Å². The van der Waals surface area contributed by atoms with E-state index in [1.165, 1.54) is 0 Å². The van der Waals surface area contributed by atoms with Crippen molar-refractivity contribution in [3.05, 3.63) is 0 Å². The highest BCUT2D eigenvalue weighted by molar-refractivity contribution is 5.83. The zero-order valence-electron chi connectivity index (χ0n) is 11.1. The van der Waals surface area contributed by atoms with Crippen molar-refractivity contribution in [2.75, 3.05) is 19.6 Å². The fraction of sp³-hybridized carbons (Fsp3) is 0.769. The van der Waals surface area contributed by atoms with Crippen LogP contribution in [0.25, 0.3) is 0 Å². The zero-order valence-corrected chi connectivity index (χ0v) is 11.1. The van der Waals surface area contributed by atoms with Crippen molar-refractivity contribution in [2.45, 2.75) is 33.1 Å². The van der Waals surface area contributed by atoms with E-state index in [0.717, 1.165) is 0 Å². The van der Waals surface area contributed by atoms with Crippen molar-refractivity contribution >= 4 is 11.8 Å². The molecule has 1 atom stereocenters. The topological polar surface area (TPSA) is 73.2 Å². The Morgan fingerprint density at radius 1 is 1.61 bits per heavy atom. The van der Waals surface area contributed by atoms with E-state index in [4.69, 9.17) is 5.26 Å². The van der Waals surface area contributed by atoms with Gasteiger partial charge >= 0.3 is 0 Å². The van der Waals surface area contributed by atoms with E-state index in [9.17, 15) is 9.59 Å². The van der Waals surface area contributed by atoms with Gasteiger partial charge in [-0.05, 0) is 12.3 Å². The summed E-state index contributed by atoms with van der Waals surface area (Å²) < 4.78 is 0. The summed E-state index contributed by atoms with van der Waals surface area (Å²) in [5.74, 6) is 0.344. The molecule has 1 unspecified atom stereocenters. The first-order valence-electron chi connectivity index (χ1n) is 6.47. The summed E-state index contributed by atoms with van der Waals surface area (Å²) in [6.07, 6.45) is 1.40. The molecule has 0 saturated carbocycles. The van der Waals surface area contributed by atoms with Crippen molar-refractivity contribution in [1.29, 1.82) is 5.26 Å². The quantitative estimate of drug-likeness (QED) is 0.789. The lowest BCUT2D eigenvalue weighted by molar-refractivity contribution is -0.138. The second-order valence-electron chi connectivity index (χ2n) is 5.13. The first-order valence-corrected chi connectivity index (χ1v) is 6.47. The monoisotopic (exact) mass is 251 g/mol. The van der Waals surface area contributed by atoms with E-state index in [2.05, 4.69) is 25.2 Å². The number of carbonyl (C=O) groups is 2. The van der Waals surface area contributed by atoms with Gasteiger partial charge in [-0.2, -0.15) is 5.26 Å². The highest BCUT2D eigenvalue weighted by atomic mass is 16.2. The molecular formula is C13H21N3O2. The average molecular weight is 251 g/mol. The fourth-order valence-electron chi connectivity index (χ4n) is 2.12. The second kappa shape index (κ2) is 7.00. The molecule has 0 aromatic carbocycles. The van der Waals surface area contributed by atoms with Crippen LogP contribution in [0.1, 0.15) is 33.1 Å². The Bertz CT molecular complexity index is 337. The first kappa shape index (κ1) is 14.5. The summed E-state index contributed by atoms with van der Waals surface area (Å²) in [6.45, 7) is 5.69. The molecule has 18 heavy (non-hydrogen) atoms. The summed E-state index contributed by atoms with van der Waals surface area (Å²) >= 11 is 0. The molecule has 1 aliphatic heterocycles. The number of nitrogens with zero attached hydrogens (tertiary/aromatic N) is 2. The van der Waals surface area contributed by atoms with Gasteiger partial charge in [-0.25, -0.2) is 0 Å². The molecule has 2 amide bonds. The van der Waals surface area contributed by atoms with Gasteiger partial charge in [-0.3, -0.25) is 9.59 Å². The highest BCUT2D eigenvalue weighted by Crippen LogP contribution is 2.15. The lowest BCUT2D eigenvalue weighted by Crippen LogP contribution is -2.46. The fourth-order valence-corrected chi connectivity index (χ4v) is 2.12. The number of nitrogens with one attached hydrogen (secondary N) is 1. The Morgan fingerprint density at radius 2 is 2.33 bits per heavy atom. The van der Waals surface area contributed by atoms with Crippen LogP contribution in [0.15, 0.2) is 0 Å². The molecule has 1 aliphatic rings. The molecular weight excluding hydrogens is 230 g/mol. The maximum atomic E-state index is 12.3. The Morgan fingerprint density at radius 3 is 2.83 bits per heavy atom. The molecule has 0 aromatic rings. The predicted octanol–water partition coefficient (Wildman–Crippen LogP) is 0.911. The van der Waals surface area contributed by atoms with E-state index in [1.54, 1.807) is 4.90 Å². The summed E-state index contributed by atoms with van der Waals surface area (Å²) in [5, 5.41) is 11.4. The largest absolute Gasteiger partial charge is 0.355 e. The summed E-state index contributed by atoms with van der Waals surface area (Å²) in [5.41, 5.74) is 0. The minimum Gasteiger partial charge on any atom is -0.355 e. The Kier molecular flexibility index (Phi) is 5.63. The smallest absolute Gasteiger partial charge is 0.227 e. The molecule has 5 nitrogen and oxygen atoms in total. The molecule has 0 spiro atoms. The van der Waals surface area contributed by atoms with Gasteiger partial charge in [0, 0.05) is 26.1 Å². The van der Waals surface area contributed by atoms with Crippen LogP contribution >= 0.6 is 0 Å². The zero-order chi connectivity index (χ0) is 13.5. The number of nitriles is 1. The van der Waals surface area contributed by atoms with E-state index < -0.39 is 0 Å². The molecule has 100 valence electrons. The van der Waals surface area contributed by atoms with E-state index in [-0.39, 0.29) is 17.7 Å². The van der Waals surface area contributed by atoms with Gasteiger partial charge < -0.3 is 10.2 Å². The van der Waals surface area contributed by atoms with E-state index in [1.807, 2.05) is 0 Å². The van der Waals surface area contributed by atoms with Gasteiger partial charge in [0.05, 0.1) is 18.4 Å². The van der Waals surface area contributed by atoms with Crippen molar-refractivity contribution < 1.29 is 9.59 Å². The molecule has 1 rings (SSSR count). The van der Waals surface area contributed by atoms with Crippen LogP contribution < -0.4 is 5.32 Å². The van der Waals surface area contributed by atoms with Crippen LogP contribution in [-0.4, -0.2) is 36.3 Å². The number of hydrogen-bond acceptors (Lipinski definition) is 3. The van der Waals surface area contributed by atoms with Crippen molar-refractivity contribution in [2.24, 2.45) is 11.8 Å². The van der Waals surface area contributed by atoms with Crippen molar-refractivity contribution in [1.82, 2.24) is 10.2 Å². The Balaban J connectivity index is 2.57. The van der Waals surface area contributed by atoms with E-state index >= 15 is 0 Å². The van der Waals surface area contributed by atoms with E-state index in [0.29, 0.717) is 44.8 Å². The van der Waals surface area contributed by atoms with Gasteiger partial charge in [0.25, 0.3) is 0 Å². The molecule has 0 bridgehead atoms. The first-order chi connectivity index (χ1) is 8.54. The van der Waals surface area contributed by atoms with Gasteiger partial charge in [0.2, 0.25) is 11.8 Å². The predicted molar refractivity (Wildman–Crippen MR) is 67.4 cm³/mol. The van der Waals surface area contributed by atoms with Crippen molar-refractivity contribution in [3.8, 4) is 6.07 Å². The normalized spacial score (nSPS) is 19.2. The number of rotatable bonds is 5. The van der Waals surface area contributed by atoms with Crippen LogP contribution in [0.3, 0.4) is 0 Å². The van der Waals surface area contributed by atoms with Gasteiger partial charge in [0.15, 0.2) is 0 Å². The Hall–Kier alpha value is -1.57. The van der Waals surface area contributed by atoms with Crippen LogP contribution in [0.2, 0.25) is 0 Å². The molecule has 1 saturated heterocycles. The maximum Gasteiger partial charge on any atom is 0.227 e. The molecule has 1 heterocycles.